The number of hydrogen-bond acceptors (Lipinski definition) is 4. The van der Waals surface area contributed by atoms with Crippen LogP contribution < -0.4 is 5.32 Å². The fourth-order valence-electron chi connectivity index (χ4n) is 1.19. The highest BCUT2D eigenvalue weighted by molar-refractivity contribution is 6.29. The molecule has 4 nitrogen and oxygen atoms in total. The highest BCUT2D eigenvalue weighted by Gasteiger charge is 2.01. The topological polar surface area (TPSA) is 58.0 Å². The van der Waals surface area contributed by atoms with Gasteiger partial charge in [0.1, 0.15) is 16.8 Å². The molecule has 0 amide bonds. The molecule has 0 bridgehead atoms. The minimum absolute atomic E-state index is 0.174. The van der Waals surface area contributed by atoms with Gasteiger partial charge in [-0.05, 0) is 12.8 Å². The van der Waals surface area contributed by atoms with Crippen LogP contribution in [0.1, 0.15) is 25.6 Å². The third-order valence-electron chi connectivity index (χ3n) is 1.86. The Morgan fingerprint density at radius 2 is 2.27 bits per heavy atom. The molecule has 1 rings (SSSR count). The quantitative estimate of drug-likeness (QED) is 0.578. The van der Waals surface area contributed by atoms with E-state index < -0.39 is 0 Å². The van der Waals surface area contributed by atoms with Crippen molar-refractivity contribution >= 4 is 17.4 Å². The fraction of sp³-hybridized carbons (Fsp3) is 0.600. The average Bonchev–Trinajstić information content (AvgIpc) is 2.18. The minimum Gasteiger partial charge on any atom is -0.396 e. The zero-order valence-electron chi connectivity index (χ0n) is 8.83. The molecular formula is C10H16ClN3O. The highest BCUT2D eigenvalue weighted by atomic mass is 35.5. The van der Waals surface area contributed by atoms with Gasteiger partial charge in [-0.15, -0.1) is 0 Å². The highest BCUT2D eigenvalue weighted by Crippen LogP contribution is 2.12. The Labute approximate surface area is 94.7 Å². The minimum atomic E-state index is 0.174. The SMILES string of the molecule is CCCc1nc(Cl)cc(NCCCO)n1. The maximum absolute atomic E-state index is 8.64. The molecular weight excluding hydrogens is 214 g/mol. The normalized spacial score (nSPS) is 10.3. The number of aliphatic hydroxyl groups excluding tert-OH is 1. The Kier molecular flexibility index (Phi) is 5.36. The first-order chi connectivity index (χ1) is 7.26. The summed E-state index contributed by atoms with van der Waals surface area (Å²) in [6.45, 7) is 2.94. The molecule has 0 saturated heterocycles. The van der Waals surface area contributed by atoms with E-state index in [-0.39, 0.29) is 6.61 Å². The molecule has 0 unspecified atom stereocenters. The second kappa shape index (κ2) is 6.58. The van der Waals surface area contributed by atoms with Crippen LogP contribution in [0.15, 0.2) is 6.07 Å². The van der Waals surface area contributed by atoms with E-state index in [2.05, 4.69) is 22.2 Å². The summed E-state index contributed by atoms with van der Waals surface area (Å²) in [7, 11) is 0. The summed E-state index contributed by atoms with van der Waals surface area (Å²) >= 11 is 5.86. The summed E-state index contributed by atoms with van der Waals surface area (Å²) < 4.78 is 0. The largest absolute Gasteiger partial charge is 0.396 e. The maximum Gasteiger partial charge on any atom is 0.134 e. The Bertz CT molecular complexity index is 307. The van der Waals surface area contributed by atoms with Gasteiger partial charge < -0.3 is 10.4 Å². The molecule has 84 valence electrons. The average molecular weight is 230 g/mol. The van der Waals surface area contributed by atoms with E-state index in [0.29, 0.717) is 18.1 Å². The predicted octanol–water partition coefficient (Wildman–Crippen LogP) is 1.88. The van der Waals surface area contributed by atoms with Gasteiger partial charge in [0.15, 0.2) is 0 Å². The van der Waals surface area contributed by atoms with Gasteiger partial charge in [0.2, 0.25) is 0 Å². The lowest BCUT2D eigenvalue weighted by Crippen LogP contribution is -2.07. The van der Waals surface area contributed by atoms with E-state index in [1.54, 1.807) is 6.07 Å². The third kappa shape index (κ3) is 4.44. The number of nitrogens with zero attached hydrogens (tertiary/aromatic N) is 2. The molecule has 0 atom stereocenters. The van der Waals surface area contributed by atoms with Crippen LogP contribution in [0.4, 0.5) is 5.82 Å². The molecule has 1 heterocycles. The van der Waals surface area contributed by atoms with E-state index >= 15 is 0 Å². The summed E-state index contributed by atoms with van der Waals surface area (Å²) in [6.07, 6.45) is 2.52. The van der Waals surface area contributed by atoms with E-state index in [0.717, 1.165) is 24.5 Å². The van der Waals surface area contributed by atoms with Crippen LogP contribution in [0.2, 0.25) is 5.15 Å². The van der Waals surface area contributed by atoms with Crippen LogP contribution in [0.5, 0.6) is 0 Å². The van der Waals surface area contributed by atoms with Crippen LogP contribution in [0, 0.1) is 0 Å². The Balaban J connectivity index is 2.62. The predicted molar refractivity (Wildman–Crippen MR) is 61.2 cm³/mol. The van der Waals surface area contributed by atoms with Gasteiger partial charge in [0.05, 0.1) is 0 Å². The number of anilines is 1. The standard InChI is InChI=1S/C10H16ClN3O/c1-2-4-9-13-8(11)7-10(14-9)12-5-3-6-15/h7,15H,2-6H2,1H3,(H,12,13,14). The molecule has 0 fully saturated rings. The molecule has 0 saturated carbocycles. The Morgan fingerprint density at radius 1 is 1.47 bits per heavy atom. The van der Waals surface area contributed by atoms with Gasteiger partial charge in [0.25, 0.3) is 0 Å². The summed E-state index contributed by atoms with van der Waals surface area (Å²) in [5.41, 5.74) is 0. The Morgan fingerprint density at radius 3 is 2.93 bits per heavy atom. The lowest BCUT2D eigenvalue weighted by Gasteiger charge is -2.06. The van der Waals surface area contributed by atoms with Crippen molar-refractivity contribution in [3.05, 3.63) is 17.0 Å². The third-order valence-corrected chi connectivity index (χ3v) is 2.05. The Hall–Kier alpha value is -0.870. The first kappa shape index (κ1) is 12.2. The molecule has 15 heavy (non-hydrogen) atoms. The van der Waals surface area contributed by atoms with Crippen molar-refractivity contribution in [3.8, 4) is 0 Å². The van der Waals surface area contributed by atoms with Crippen LogP contribution in [-0.2, 0) is 6.42 Å². The molecule has 0 spiro atoms. The maximum atomic E-state index is 8.64. The van der Waals surface area contributed by atoms with Crippen molar-refractivity contribution in [1.29, 1.82) is 0 Å². The van der Waals surface area contributed by atoms with E-state index in [1.807, 2.05) is 0 Å². The number of aliphatic hydroxyl groups is 1. The summed E-state index contributed by atoms with van der Waals surface area (Å²) in [5.74, 6) is 1.49. The monoisotopic (exact) mass is 229 g/mol. The van der Waals surface area contributed by atoms with Crippen LogP contribution in [0.25, 0.3) is 0 Å². The molecule has 0 aliphatic carbocycles. The van der Waals surface area contributed by atoms with Crippen molar-refractivity contribution in [3.63, 3.8) is 0 Å². The van der Waals surface area contributed by atoms with E-state index in [1.165, 1.54) is 0 Å². The molecule has 0 aromatic carbocycles. The van der Waals surface area contributed by atoms with Gasteiger partial charge in [-0.25, -0.2) is 9.97 Å². The zero-order valence-corrected chi connectivity index (χ0v) is 9.59. The summed E-state index contributed by atoms with van der Waals surface area (Å²) in [4.78, 5) is 8.42. The molecule has 2 N–H and O–H groups in total. The molecule has 1 aromatic heterocycles. The summed E-state index contributed by atoms with van der Waals surface area (Å²) in [6, 6.07) is 1.69. The lowest BCUT2D eigenvalue weighted by molar-refractivity contribution is 0.292. The molecule has 0 aliphatic rings. The number of aryl methyl sites for hydroxylation is 1. The zero-order chi connectivity index (χ0) is 11.1. The van der Waals surface area contributed by atoms with Crippen molar-refractivity contribution in [2.75, 3.05) is 18.5 Å². The molecule has 0 aliphatic heterocycles. The van der Waals surface area contributed by atoms with E-state index in [9.17, 15) is 0 Å². The molecule has 1 aromatic rings. The molecule has 0 radical (unpaired) electrons. The number of hydrogen-bond donors (Lipinski definition) is 2. The van der Waals surface area contributed by atoms with Crippen LogP contribution >= 0.6 is 11.6 Å². The second-order valence-corrected chi connectivity index (χ2v) is 3.63. The van der Waals surface area contributed by atoms with Gasteiger partial charge in [-0.2, -0.15) is 0 Å². The number of rotatable bonds is 6. The van der Waals surface area contributed by atoms with Gasteiger partial charge in [-0.3, -0.25) is 0 Å². The second-order valence-electron chi connectivity index (χ2n) is 3.25. The number of aromatic nitrogens is 2. The van der Waals surface area contributed by atoms with Crippen LogP contribution in [-0.4, -0.2) is 28.2 Å². The van der Waals surface area contributed by atoms with E-state index in [4.69, 9.17) is 16.7 Å². The van der Waals surface area contributed by atoms with Gasteiger partial charge in [-0.1, -0.05) is 18.5 Å². The first-order valence-corrected chi connectivity index (χ1v) is 5.52. The smallest absolute Gasteiger partial charge is 0.134 e. The van der Waals surface area contributed by atoms with Crippen LogP contribution in [0.3, 0.4) is 0 Å². The van der Waals surface area contributed by atoms with Gasteiger partial charge >= 0.3 is 0 Å². The lowest BCUT2D eigenvalue weighted by atomic mass is 10.3. The van der Waals surface area contributed by atoms with Crippen molar-refractivity contribution in [1.82, 2.24) is 9.97 Å². The molecule has 5 heteroatoms. The number of halogens is 1. The van der Waals surface area contributed by atoms with Crippen molar-refractivity contribution in [2.24, 2.45) is 0 Å². The number of nitrogens with one attached hydrogen (secondary N) is 1. The van der Waals surface area contributed by atoms with Crippen molar-refractivity contribution in [2.45, 2.75) is 26.2 Å². The first-order valence-electron chi connectivity index (χ1n) is 5.14. The fourth-order valence-corrected chi connectivity index (χ4v) is 1.39. The summed E-state index contributed by atoms with van der Waals surface area (Å²) in [5, 5.41) is 12.2. The van der Waals surface area contributed by atoms with Gasteiger partial charge in [0, 0.05) is 25.6 Å². The van der Waals surface area contributed by atoms with Crippen molar-refractivity contribution < 1.29 is 5.11 Å².